The van der Waals surface area contributed by atoms with Gasteiger partial charge in [-0.05, 0) is 24.3 Å². The van der Waals surface area contributed by atoms with E-state index in [-0.39, 0.29) is 12.2 Å². The normalized spacial score (nSPS) is 9.76. The molecule has 0 radical (unpaired) electrons. The molecule has 0 saturated heterocycles. The van der Waals surface area contributed by atoms with E-state index < -0.39 is 11.9 Å². The van der Waals surface area contributed by atoms with E-state index in [1.54, 1.807) is 24.1 Å². The van der Waals surface area contributed by atoms with Crippen LogP contribution in [0.25, 0.3) is 0 Å². The lowest BCUT2D eigenvalue weighted by atomic mass is 10.2. The minimum Gasteiger partial charge on any atom is -0.374 e. The lowest BCUT2D eigenvalue weighted by molar-refractivity contribution is -0.119. The number of urea groups is 1. The van der Waals surface area contributed by atoms with Crippen molar-refractivity contribution in [1.82, 2.24) is 5.32 Å². The summed E-state index contributed by atoms with van der Waals surface area (Å²) < 4.78 is 12.7. The molecule has 6 heteroatoms. The predicted molar refractivity (Wildman–Crippen MR) is 62.0 cm³/mol. The van der Waals surface area contributed by atoms with Crippen LogP contribution in [0.5, 0.6) is 0 Å². The highest BCUT2D eigenvalue weighted by molar-refractivity contribution is 5.93. The van der Waals surface area contributed by atoms with Gasteiger partial charge < -0.3 is 10.6 Å². The van der Waals surface area contributed by atoms with Gasteiger partial charge in [-0.3, -0.25) is 10.1 Å². The minimum absolute atomic E-state index is 0.136. The topological polar surface area (TPSA) is 75.4 Å². The number of rotatable bonds is 4. The number of nitrogens with one attached hydrogen (secondary N) is 1. The van der Waals surface area contributed by atoms with Gasteiger partial charge in [0.2, 0.25) is 5.91 Å². The molecule has 0 spiro atoms. The highest BCUT2D eigenvalue weighted by Crippen LogP contribution is 2.12. The third kappa shape index (κ3) is 4.50. The number of hydrogen-bond donors (Lipinski definition) is 2. The van der Waals surface area contributed by atoms with E-state index in [1.165, 1.54) is 12.1 Å². The average Bonchev–Trinajstić information content (AvgIpc) is 2.26. The molecular formula is C11H14FN3O2. The molecule has 1 aromatic rings. The van der Waals surface area contributed by atoms with E-state index in [0.29, 0.717) is 6.54 Å². The summed E-state index contributed by atoms with van der Waals surface area (Å²) in [5, 5.41) is 1.97. The van der Waals surface area contributed by atoms with Crippen LogP contribution >= 0.6 is 0 Å². The Morgan fingerprint density at radius 1 is 1.35 bits per heavy atom. The largest absolute Gasteiger partial charge is 0.374 e. The number of halogens is 1. The fraction of sp³-hybridized carbons (Fsp3) is 0.273. The van der Waals surface area contributed by atoms with Crippen LogP contribution in [-0.2, 0) is 4.79 Å². The van der Waals surface area contributed by atoms with E-state index in [9.17, 15) is 14.0 Å². The van der Waals surface area contributed by atoms with E-state index in [0.717, 1.165) is 5.69 Å². The Morgan fingerprint density at radius 3 is 2.47 bits per heavy atom. The average molecular weight is 239 g/mol. The highest BCUT2D eigenvalue weighted by atomic mass is 19.1. The standard InChI is InChI=1S/C11H14FN3O2/c1-15(7-6-10(16)14-11(13)17)9-4-2-8(12)3-5-9/h2-5H,6-7H2,1H3,(H3,13,14,16,17). The van der Waals surface area contributed by atoms with Gasteiger partial charge in [-0.15, -0.1) is 0 Å². The number of imide groups is 1. The van der Waals surface area contributed by atoms with Crippen molar-refractivity contribution in [3.63, 3.8) is 0 Å². The molecule has 0 aliphatic rings. The highest BCUT2D eigenvalue weighted by Gasteiger charge is 2.07. The summed E-state index contributed by atoms with van der Waals surface area (Å²) in [7, 11) is 1.77. The molecule has 5 nitrogen and oxygen atoms in total. The van der Waals surface area contributed by atoms with E-state index in [4.69, 9.17) is 5.73 Å². The maximum absolute atomic E-state index is 12.7. The van der Waals surface area contributed by atoms with Crippen molar-refractivity contribution in [2.75, 3.05) is 18.5 Å². The molecule has 1 rings (SSSR count). The quantitative estimate of drug-likeness (QED) is 0.817. The van der Waals surface area contributed by atoms with Crippen molar-refractivity contribution < 1.29 is 14.0 Å². The Bertz CT molecular complexity index is 406. The molecule has 92 valence electrons. The molecule has 3 N–H and O–H groups in total. The first-order chi connectivity index (χ1) is 7.99. The molecule has 0 aromatic heterocycles. The third-order valence-electron chi connectivity index (χ3n) is 2.20. The maximum atomic E-state index is 12.7. The molecule has 1 aromatic carbocycles. The van der Waals surface area contributed by atoms with Gasteiger partial charge in [0.15, 0.2) is 0 Å². The summed E-state index contributed by atoms with van der Waals surface area (Å²) in [6, 6.07) is 5.05. The van der Waals surface area contributed by atoms with Gasteiger partial charge >= 0.3 is 6.03 Å². The first-order valence-corrected chi connectivity index (χ1v) is 5.05. The second-order valence-electron chi connectivity index (χ2n) is 3.56. The van der Waals surface area contributed by atoms with Crippen LogP contribution < -0.4 is 16.0 Å². The molecule has 0 fully saturated rings. The van der Waals surface area contributed by atoms with E-state index >= 15 is 0 Å². The molecule has 0 bridgehead atoms. The van der Waals surface area contributed by atoms with Gasteiger partial charge in [0.05, 0.1) is 0 Å². The summed E-state index contributed by atoms with van der Waals surface area (Å²) >= 11 is 0. The van der Waals surface area contributed by atoms with Crippen molar-refractivity contribution in [2.45, 2.75) is 6.42 Å². The number of anilines is 1. The Kier molecular flexibility index (Phi) is 4.45. The smallest absolute Gasteiger partial charge is 0.318 e. The number of amides is 3. The van der Waals surface area contributed by atoms with Gasteiger partial charge in [0.25, 0.3) is 0 Å². The molecular weight excluding hydrogens is 225 g/mol. The summed E-state index contributed by atoms with van der Waals surface area (Å²) in [4.78, 5) is 23.3. The number of carbonyl (C=O) groups excluding carboxylic acids is 2. The van der Waals surface area contributed by atoms with Crippen molar-refractivity contribution in [2.24, 2.45) is 5.73 Å². The van der Waals surface area contributed by atoms with Gasteiger partial charge in [-0.1, -0.05) is 0 Å². The summed E-state index contributed by atoms with van der Waals surface area (Å²) in [6.45, 7) is 0.407. The molecule has 17 heavy (non-hydrogen) atoms. The van der Waals surface area contributed by atoms with Crippen LogP contribution in [-0.4, -0.2) is 25.5 Å². The van der Waals surface area contributed by atoms with E-state index in [2.05, 4.69) is 0 Å². The van der Waals surface area contributed by atoms with Crippen LogP contribution in [0.15, 0.2) is 24.3 Å². The number of carbonyl (C=O) groups is 2. The van der Waals surface area contributed by atoms with Crippen molar-refractivity contribution in [1.29, 1.82) is 0 Å². The van der Waals surface area contributed by atoms with Gasteiger partial charge in [-0.25, -0.2) is 9.18 Å². The fourth-order valence-corrected chi connectivity index (χ4v) is 1.29. The zero-order chi connectivity index (χ0) is 12.8. The minimum atomic E-state index is -0.862. The third-order valence-corrected chi connectivity index (χ3v) is 2.20. The SMILES string of the molecule is CN(CCC(=O)NC(N)=O)c1ccc(F)cc1. The first kappa shape index (κ1) is 13.0. The zero-order valence-electron chi connectivity index (χ0n) is 9.44. The number of hydrogen-bond acceptors (Lipinski definition) is 3. The maximum Gasteiger partial charge on any atom is 0.318 e. The summed E-state index contributed by atoms with van der Waals surface area (Å²) in [5.74, 6) is -0.750. The summed E-state index contributed by atoms with van der Waals surface area (Å²) in [6.07, 6.45) is 0.136. The van der Waals surface area contributed by atoms with Gasteiger partial charge in [-0.2, -0.15) is 0 Å². The van der Waals surface area contributed by atoms with Crippen molar-refractivity contribution in [3.8, 4) is 0 Å². The van der Waals surface area contributed by atoms with Crippen LogP contribution in [0.4, 0.5) is 14.9 Å². The Balaban J connectivity index is 2.44. The monoisotopic (exact) mass is 239 g/mol. The van der Waals surface area contributed by atoms with Crippen LogP contribution in [0.3, 0.4) is 0 Å². The zero-order valence-corrected chi connectivity index (χ0v) is 9.44. The predicted octanol–water partition coefficient (Wildman–Crippen LogP) is 0.847. The van der Waals surface area contributed by atoms with Crippen molar-refractivity contribution >= 4 is 17.6 Å². The Morgan fingerprint density at radius 2 is 1.94 bits per heavy atom. The van der Waals surface area contributed by atoms with Crippen LogP contribution in [0.2, 0.25) is 0 Å². The van der Waals surface area contributed by atoms with Crippen LogP contribution in [0.1, 0.15) is 6.42 Å². The van der Waals surface area contributed by atoms with Crippen LogP contribution in [0, 0.1) is 5.82 Å². The van der Waals surface area contributed by atoms with Crippen molar-refractivity contribution in [3.05, 3.63) is 30.1 Å². The van der Waals surface area contributed by atoms with E-state index in [1.807, 2.05) is 5.32 Å². The Hall–Kier alpha value is -2.11. The molecule has 3 amide bonds. The second-order valence-corrected chi connectivity index (χ2v) is 3.56. The molecule has 0 aliphatic heterocycles. The molecule has 0 heterocycles. The lowest BCUT2D eigenvalue weighted by Crippen LogP contribution is -2.36. The van der Waals surface area contributed by atoms with Gasteiger partial charge in [0, 0.05) is 25.7 Å². The molecule has 0 atom stereocenters. The molecule has 0 unspecified atom stereocenters. The summed E-state index contributed by atoms with van der Waals surface area (Å²) in [5.41, 5.74) is 5.59. The van der Waals surface area contributed by atoms with Gasteiger partial charge in [0.1, 0.15) is 5.82 Å². The first-order valence-electron chi connectivity index (χ1n) is 5.05. The fourth-order valence-electron chi connectivity index (χ4n) is 1.29. The number of primary amides is 1. The molecule has 0 aliphatic carbocycles. The Labute approximate surface area is 98.4 Å². The number of nitrogens with two attached hydrogens (primary N) is 1. The second kappa shape index (κ2) is 5.83. The molecule has 0 saturated carbocycles. The lowest BCUT2D eigenvalue weighted by Gasteiger charge is -2.18. The number of benzene rings is 1. The number of nitrogens with zero attached hydrogens (tertiary/aromatic N) is 1.